The lowest BCUT2D eigenvalue weighted by Gasteiger charge is -2.50. The van der Waals surface area contributed by atoms with Gasteiger partial charge in [-0.1, -0.05) is 54.9 Å². The summed E-state index contributed by atoms with van der Waals surface area (Å²) in [5, 5.41) is 15.1. The quantitative estimate of drug-likeness (QED) is 0.159. The zero-order valence-corrected chi connectivity index (χ0v) is 30.2. The van der Waals surface area contributed by atoms with Crippen LogP contribution in [0.1, 0.15) is 62.0 Å². The lowest BCUT2D eigenvalue weighted by atomic mass is 9.79. The van der Waals surface area contributed by atoms with Crippen molar-refractivity contribution in [3.63, 3.8) is 0 Å². The maximum absolute atomic E-state index is 14.3. The average Bonchev–Trinajstić information content (AvgIpc) is 3.88. The van der Waals surface area contributed by atoms with Crippen LogP contribution in [0.4, 0.5) is 14.9 Å². The number of halogens is 2. The second-order valence-electron chi connectivity index (χ2n) is 13.8. The summed E-state index contributed by atoms with van der Waals surface area (Å²) in [6, 6.07) is 20.3. The van der Waals surface area contributed by atoms with Crippen molar-refractivity contribution in [1.82, 2.24) is 40.0 Å². The van der Waals surface area contributed by atoms with Gasteiger partial charge in [0.25, 0.3) is 0 Å². The number of likely N-dealkylation sites (tertiary alicyclic amines) is 2. The second-order valence-corrected chi connectivity index (χ2v) is 14.3. The van der Waals surface area contributed by atoms with Crippen LogP contribution in [0, 0.1) is 11.7 Å². The van der Waals surface area contributed by atoms with Crippen LogP contribution >= 0.6 is 11.6 Å². The number of rotatable bonds is 9. The molecule has 2 N–H and O–H groups in total. The van der Waals surface area contributed by atoms with Crippen molar-refractivity contribution in [2.24, 2.45) is 5.92 Å². The first-order chi connectivity index (χ1) is 25.2. The number of nitrogens with one attached hydrogen (secondary N) is 2. The molecule has 2 aliphatic rings. The van der Waals surface area contributed by atoms with Gasteiger partial charge in [0, 0.05) is 40.8 Å². The van der Waals surface area contributed by atoms with Crippen molar-refractivity contribution in [1.29, 1.82) is 0 Å². The monoisotopic (exact) mass is 723 g/mol. The highest BCUT2D eigenvalue weighted by molar-refractivity contribution is 6.30. The number of piperidine rings is 2. The van der Waals surface area contributed by atoms with Gasteiger partial charge in [0.05, 0.1) is 30.7 Å². The van der Waals surface area contributed by atoms with Crippen molar-refractivity contribution < 1.29 is 13.9 Å². The molecular formula is C39H43ClFN9O2. The van der Waals surface area contributed by atoms with Crippen LogP contribution in [-0.2, 0) is 4.74 Å². The summed E-state index contributed by atoms with van der Waals surface area (Å²) in [6.45, 7) is 7.51. The Hall–Kier alpha value is -4.91. The number of aromatic amines is 1. The molecule has 4 heterocycles. The van der Waals surface area contributed by atoms with Gasteiger partial charge < -0.3 is 9.72 Å². The molecule has 0 aliphatic carbocycles. The Balaban J connectivity index is 1.26. The molecule has 1 amide bonds. The van der Waals surface area contributed by atoms with E-state index in [0.29, 0.717) is 16.8 Å². The molecule has 13 heteroatoms. The molecule has 4 atom stereocenters. The number of methoxy groups -OCH3 is 1. The number of H-pyrrole nitrogens is 1. The van der Waals surface area contributed by atoms with Crippen LogP contribution in [0.5, 0.6) is 0 Å². The summed E-state index contributed by atoms with van der Waals surface area (Å²) < 4.78 is 20.7. The van der Waals surface area contributed by atoms with E-state index in [0.717, 1.165) is 65.9 Å². The molecule has 2 fully saturated rings. The van der Waals surface area contributed by atoms with Gasteiger partial charge >= 0.3 is 6.09 Å². The minimum Gasteiger partial charge on any atom is -0.453 e. The maximum atomic E-state index is 14.3. The molecular weight excluding hydrogens is 681 g/mol. The van der Waals surface area contributed by atoms with Gasteiger partial charge in [0.1, 0.15) is 18.0 Å². The van der Waals surface area contributed by atoms with Crippen molar-refractivity contribution in [3.8, 4) is 16.9 Å². The number of hydrogen-bond acceptors (Lipinski definition) is 8. The Morgan fingerprint density at radius 1 is 1.10 bits per heavy atom. The third kappa shape index (κ3) is 7.94. The molecule has 0 radical (unpaired) electrons. The molecule has 7 rings (SSSR count). The predicted octanol–water partition coefficient (Wildman–Crippen LogP) is 7.76. The molecule has 0 spiro atoms. The number of nitrogens with zero attached hydrogens (tertiary/aromatic N) is 7. The van der Waals surface area contributed by atoms with E-state index < -0.39 is 6.09 Å². The standard InChI is InChI=1S/C39H43ClFN9O2/c1-25-16-18-48(19-17-25)33-21-34(27-6-11-31(41)12-7-27)37(38-42-22-35(45-38)28-8-13-32(14-9-28)44-39(51)52-3)49(23-33)26(2)4-5-29-20-30(40)10-15-36(29)50-24-43-46-47-50/h4-15,20,22,24-26,33-34,37H,16-19,21,23H2,1-3H3,(H,42,45)(H,44,51)/b5-4+. The Labute approximate surface area is 307 Å². The van der Waals surface area contributed by atoms with Gasteiger partial charge in [-0.05, 0) is 109 Å². The van der Waals surface area contributed by atoms with Crippen LogP contribution in [0.2, 0.25) is 5.02 Å². The molecule has 0 saturated carbocycles. The zero-order valence-electron chi connectivity index (χ0n) is 29.5. The van der Waals surface area contributed by atoms with Crippen molar-refractivity contribution in [2.45, 2.75) is 57.2 Å². The van der Waals surface area contributed by atoms with Crippen LogP contribution in [0.25, 0.3) is 23.0 Å². The molecule has 11 nitrogen and oxygen atoms in total. The summed E-state index contributed by atoms with van der Waals surface area (Å²) >= 11 is 6.48. The van der Waals surface area contributed by atoms with Crippen molar-refractivity contribution in [3.05, 3.63) is 113 Å². The highest BCUT2D eigenvalue weighted by Gasteiger charge is 2.43. The van der Waals surface area contributed by atoms with Crippen LogP contribution in [0.15, 0.2) is 85.3 Å². The number of carbonyl (C=O) groups is 1. The van der Waals surface area contributed by atoms with Crippen LogP contribution in [0.3, 0.4) is 0 Å². The SMILES string of the molecule is COC(=O)Nc1ccc(-c2cnc(C3C(c4ccc(F)cc4)CC(N4CCC(C)CC4)CN3C(C)/C=C/c3cc(Cl)ccc3-n3cnnn3)[nH]2)cc1. The second kappa shape index (κ2) is 15.8. The first-order valence-corrected chi connectivity index (χ1v) is 18.1. The van der Waals surface area contributed by atoms with Gasteiger partial charge in [0.15, 0.2) is 0 Å². The lowest BCUT2D eigenvalue weighted by molar-refractivity contribution is 0.0154. The number of hydrogen-bond donors (Lipinski definition) is 2. The molecule has 3 aromatic carbocycles. The Morgan fingerprint density at radius 2 is 1.87 bits per heavy atom. The fourth-order valence-electron chi connectivity index (χ4n) is 7.57. The van der Waals surface area contributed by atoms with Gasteiger partial charge in [-0.25, -0.2) is 14.2 Å². The molecule has 2 aromatic heterocycles. The summed E-state index contributed by atoms with van der Waals surface area (Å²) in [7, 11) is 1.33. The minimum absolute atomic E-state index is 0.0302. The van der Waals surface area contributed by atoms with Gasteiger partial charge in [0.2, 0.25) is 0 Å². The van der Waals surface area contributed by atoms with Gasteiger partial charge in [-0.2, -0.15) is 4.68 Å². The van der Waals surface area contributed by atoms with E-state index in [4.69, 9.17) is 21.3 Å². The number of tetrazole rings is 1. The summed E-state index contributed by atoms with van der Waals surface area (Å²) in [5.41, 5.74) is 5.21. The number of amides is 1. The van der Waals surface area contributed by atoms with Gasteiger partial charge in [-0.3, -0.25) is 15.1 Å². The fraction of sp³-hybridized carbons (Fsp3) is 0.359. The summed E-state index contributed by atoms with van der Waals surface area (Å²) in [6.07, 6.45) is 10.5. The van der Waals surface area contributed by atoms with Gasteiger partial charge in [-0.15, -0.1) is 5.10 Å². The first-order valence-electron chi connectivity index (χ1n) is 17.7. The molecule has 5 aromatic rings. The molecule has 0 bridgehead atoms. The number of aromatic nitrogens is 6. The first kappa shape index (κ1) is 35.5. The van der Waals surface area contributed by atoms with Crippen LogP contribution < -0.4 is 5.32 Å². The Morgan fingerprint density at radius 3 is 2.58 bits per heavy atom. The number of imidazole rings is 1. The predicted molar refractivity (Wildman–Crippen MR) is 200 cm³/mol. The number of benzene rings is 3. The number of anilines is 1. The minimum atomic E-state index is -0.525. The van der Waals surface area contributed by atoms with E-state index in [1.165, 1.54) is 20.0 Å². The maximum Gasteiger partial charge on any atom is 0.411 e. The van der Waals surface area contributed by atoms with E-state index >= 15 is 0 Å². The summed E-state index contributed by atoms with van der Waals surface area (Å²) in [4.78, 5) is 25.6. The van der Waals surface area contributed by atoms with Crippen LogP contribution in [-0.4, -0.2) is 84.9 Å². The zero-order chi connectivity index (χ0) is 36.2. The largest absolute Gasteiger partial charge is 0.453 e. The van der Waals surface area contributed by atoms with Crippen molar-refractivity contribution >= 4 is 29.5 Å². The topological polar surface area (TPSA) is 117 Å². The van der Waals surface area contributed by atoms with E-state index in [1.54, 1.807) is 23.1 Å². The van der Waals surface area contributed by atoms with Crippen molar-refractivity contribution in [2.75, 3.05) is 32.1 Å². The highest BCUT2D eigenvalue weighted by atomic mass is 35.5. The fourth-order valence-corrected chi connectivity index (χ4v) is 7.75. The molecule has 270 valence electrons. The van der Waals surface area contributed by atoms with E-state index in [-0.39, 0.29) is 23.8 Å². The third-order valence-electron chi connectivity index (χ3n) is 10.5. The average molecular weight is 724 g/mol. The highest BCUT2D eigenvalue weighted by Crippen LogP contribution is 2.45. The molecule has 4 unspecified atom stereocenters. The van der Waals surface area contributed by atoms with E-state index in [1.807, 2.05) is 60.8 Å². The molecule has 2 saturated heterocycles. The van der Waals surface area contributed by atoms with E-state index in [9.17, 15) is 9.18 Å². The normalized spacial score (nSPS) is 21.0. The Bertz CT molecular complexity index is 1980. The number of carbonyl (C=O) groups excluding carboxylic acids is 1. The third-order valence-corrected chi connectivity index (χ3v) is 10.7. The van der Waals surface area contributed by atoms with E-state index in [2.05, 4.69) is 61.6 Å². The smallest absolute Gasteiger partial charge is 0.411 e. The lowest BCUT2D eigenvalue weighted by Crippen LogP contribution is -2.55. The number of ether oxygens (including phenoxy) is 1. The summed E-state index contributed by atoms with van der Waals surface area (Å²) in [5.74, 6) is 1.33. The molecule has 52 heavy (non-hydrogen) atoms. The Kier molecular flexibility index (Phi) is 10.8. The molecule has 2 aliphatic heterocycles.